The Morgan fingerprint density at radius 3 is 2.91 bits per heavy atom. The summed E-state index contributed by atoms with van der Waals surface area (Å²) in [6, 6.07) is 4.13. The Morgan fingerprint density at radius 2 is 2.23 bits per heavy atom. The quantitative estimate of drug-likeness (QED) is 0.914. The van der Waals surface area contributed by atoms with Gasteiger partial charge in [-0.2, -0.15) is 0 Å². The summed E-state index contributed by atoms with van der Waals surface area (Å²) in [6.45, 7) is 3.20. The molecule has 1 aliphatic carbocycles. The van der Waals surface area contributed by atoms with Crippen LogP contribution in [0.5, 0.6) is 0 Å². The molecule has 0 aromatic carbocycles. The number of hydrogen-bond donors (Lipinski definition) is 2. The van der Waals surface area contributed by atoms with E-state index in [4.69, 9.17) is 0 Å². The number of β-amino-alcohol motifs (C(OH)–C–C–N with tert-alkyl or cyclic N) is 1. The molecule has 22 heavy (non-hydrogen) atoms. The van der Waals surface area contributed by atoms with Crippen LogP contribution in [-0.2, 0) is 0 Å². The van der Waals surface area contributed by atoms with Gasteiger partial charge in [0.1, 0.15) is 0 Å². The molecule has 1 atom stereocenters. The average molecular weight is 316 g/mol. The number of H-pyrrole nitrogens is 1. The summed E-state index contributed by atoms with van der Waals surface area (Å²) in [5.74, 6) is 0.426. The van der Waals surface area contributed by atoms with Crippen LogP contribution in [0.4, 0.5) is 0 Å². The number of nitrogens with zero attached hydrogens (tertiary/aromatic N) is 1. The monoisotopic (exact) mass is 316 g/mol. The van der Waals surface area contributed by atoms with Crippen LogP contribution in [0.3, 0.4) is 0 Å². The van der Waals surface area contributed by atoms with Gasteiger partial charge in [0.05, 0.1) is 17.7 Å². The molecule has 1 saturated carbocycles. The summed E-state index contributed by atoms with van der Waals surface area (Å²) in [6.07, 6.45) is 6.58. The van der Waals surface area contributed by atoms with Gasteiger partial charge in [0.2, 0.25) is 0 Å². The first-order chi connectivity index (χ1) is 10.6. The number of aliphatic hydroxyl groups is 1. The molecule has 116 valence electrons. The Morgan fingerprint density at radius 1 is 1.41 bits per heavy atom. The molecule has 1 aliphatic heterocycles. The van der Waals surface area contributed by atoms with Gasteiger partial charge in [-0.05, 0) is 44.2 Å². The molecule has 4 nitrogen and oxygen atoms in total. The number of thiophene rings is 1. The topological polar surface area (TPSA) is 56.3 Å². The van der Waals surface area contributed by atoms with Gasteiger partial charge in [-0.1, -0.05) is 0 Å². The fraction of sp³-hybridized carbons (Fsp3) is 0.471. The van der Waals surface area contributed by atoms with Gasteiger partial charge >= 0.3 is 0 Å². The van der Waals surface area contributed by atoms with E-state index in [1.807, 2.05) is 11.1 Å². The van der Waals surface area contributed by atoms with Crippen LogP contribution < -0.4 is 0 Å². The Kier molecular flexibility index (Phi) is 3.16. The van der Waals surface area contributed by atoms with E-state index < -0.39 is 5.60 Å². The Bertz CT molecular complexity index is 716. The lowest BCUT2D eigenvalue weighted by atomic mass is 9.97. The van der Waals surface area contributed by atoms with Crippen LogP contribution >= 0.6 is 11.3 Å². The molecule has 2 aromatic heterocycles. The Labute approximate surface area is 133 Å². The zero-order valence-electron chi connectivity index (χ0n) is 12.6. The molecule has 2 aromatic rings. The second kappa shape index (κ2) is 4.96. The maximum Gasteiger partial charge on any atom is 0.256 e. The van der Waals surface area contributed by atoms with Crippen LogP contribution in [0.15, 0.2) is 24.5 Å². The molecule has 1 amide bonds. The summed E-state index contributed by atoms with van der Waals surface area (Å²) >= 11 is 1.69. The van der Waals surface area contributed by atoms with Crippen molar-refractivity contribution >= 4 is 17.2 Å². The Hall–Kier alpha value is -1.59. The van der Waals surface area contributed by atoms with Gasteiger partial charge in [-0.25, -0.2) is 0 Å². The molecule has 2 fully saturated rings. The highest BCUT2D eigenvalue weighted by Gasteiger charge is 2.49. The third-order valence-corrected chi connectivity index (χ3v) is 5.92. The fourth-order valence-electron chi connectivity index (χ4n) is 3.44. The molecule has 5 heteroatoms. The molecule has 1 unspecified atom stereocenters. The molecular formula is C17H20N2O2S. The molecule has 2 N–H and O–H groups in total. The van der Waals surface area contributed by atoms with Crippen molar-refractivity contribution in [2.75, 3.05) is 13.1 Å². The molecular weight excluding hydrogens is 296 g/mol. The van der Waals surface area contributed by atoms with E-state index in [1.54, 1.807) is 17.5 Å². The standard InChI is InChI=1S/C17H20N2O2S/c1-11-2-5-15(22-11)13-8-18-9-14(13)16(20)19-7-6-17(21,10-19)12-3-4-12/h2,5,8-9,12,18,21H,3-4,6-7,10H2,1H3. The first-order valence-corrected chi connectivity index (χ1v) is 8.64. The lowest BCUT2D eigenvalue weighted by Gasteiger charge is -2.23. The number of likely N-dealkylation sites (tertiary alicyclic amines) is 1. The van der Waals surface area contributed by atoms with E-state index in [0.29, 0.717) is 31.0 Å². The lowest BCUT2D eigenvalue weighted by molar-refractivity contribution is 0.0257. The number of carbonyl (C=O) groups is 1. The van der Waals surface area contributed by atoms with Crippen LogP contribution in [0.2, 0.25) is 0 Å². The third kappa shape index (κ3) is 2.29. The number of carbonyl (C=O) groups excluding carboxylic acids is 1. The Balaban J connectivity index is 1.58. The molecule has 3 heterocycles. The molecule has 0 radical (unpaired) electrons. The minimum atomic E-state index is -0.647. The SMILES string of the molecule is Cc1ccc(-c2c[nH]cc2C(=O)N2CCC(O)(C3CC3)C2)s1. The summed E-state index contributed by atoms with van der Waals surface area (Å²) in [5, 5.41) is 10.6. The lowest BCUT2D eigenvalue weighted by Crippen LogP contribution is -2.37. The summed E-state index contributed by atoms with van der Waals surface area (Å²) in [5.41, 5.74) is 1.03. The number of hydrogen-bond acceptors (Lipinski definition) is 3. The average Bonchev–Trinajstić information content (AvgIpc) is 2.93. The molecule has 0 bridgehead atoms. The zero-order chi connectivity index (χ0) is 15.3. The molecule has 1 saturated heterocycles. The third-order valence-electron chi connectivity index (χ3n) is 4.89. The molecule has 0 spiro atoms. The van der Waals surface area contributed by atoms with Crippen LogP contribution in [0.25, 0.3) is 10.4 Å². The maximum atomic E-state index is 12.8. The summed E-state index contributed by atoms with van der Waals surface area (Å²) < 4.78 is 0. The van der Waals surface area contributed by atoms with Gasteiger partial charge in [0.15, 0.2) is 0 Å². The number of amides is 1. The van der Waals surface area contributed by atoms with Crippen LogP contribution in [0, 0.1) is 12.8 Å². The number of aromatic amines is 1. The van der Waals surface area contributed by atoms with Crippen molar-refractivity contribution < 1.29 is 9.90 Å². The largest absolute Gasteiger partial charge is 0.388 e. The predicted octanol–water partition coefficient (Wildman–Crippen LogP) is 3.04. The number of rotatable bonds is 3. The highest BCUT2D eigenvalue weighted by atomic mass is 32.1. The van der Waals surface area contributed by atoms with E-state index in [9.17, 15) is 9.90 Å². The molecule has 2 aliphatic rings. The minimum Gasteiger partial charge on any atom is -0.388 e. The number of nitrogens with one attached hydrogen (secondary N) is 1. The van der Waals surface area contributed by atoms with Gasteiger partial charge in [0.25, 0.3) is 5.91 Å². The van der Waals surface area contributed by atoms with Crippen LogP contribution in [0.1, 0.15) is 34.5 Å². The normalized spacial score (nSPS) is 24.9. The van der Waals surface area contributed by atoms with E-state index in [-0.39, 0.29) is 5.91 Å². The van der Waals surface area contributed by atoms with E-state index in [0.717, 1.165) is 23.3 Å². The van der Waals surface area contributed by atoms with Crippen LogP contribution in [-0.4, -0.2) is 39.6 Å². The zero-order valence-corrected chi connectivity index (χ0v) is 13.4. The minimum absolute atomic E-state index is 0.0267. The van der Waals surface area contributed by atoms with Crippen molar-refractivity contribution in [2.45, 2.75) is 31.8 Å². The van der Waals surface area contributed by atoms with Gasteiger partial charge in [-0.15, -0.1) is 11.3 Å². The van der Waals surface area contributed by atoms with E-state index in [1.165, 1.54) is 4.88 Å². The van der Waals surface area contributed by atoms with Crippen molar-refractivity contribution in [3.8, 4) is 10.4 Å². The summed E-state index contributed by atoms with van der Waals surface area (Å²) in [7, 11) is 0. The first kappa shape index (κ1) is 14.0. The number of aryl methyl sites for hydroxylation is 1. The fourth-order valence-corrected chi connectivity index (χ4v) is 4.34. The van der Waals surface area contributed by atoms with Gasteiger partial charge < -0.3 is 15.0 Å². The van der Waals surface area contributed by atoms with Crippen molar-refractivity contribution in [3.05, 3.63) is 35.0 Å². The second-order valence-electron chi connectivity index (χ2n) is 6.55. The highest BCUT2D eigenvalue weighted by molar-refractivity contribution is 7.15. The molecule has 4 rings (SSSR count). The van der Waals surface area contributed by atoms with Crippen molar-refractivity contribution in [2.24, 2.45) is 5.92 Å². The van der Waals surface area contributed by atoms with Crippen molar-refractivity contribution in [1.82, 2.24) is 9.88 Å². The van der Waals surface area contributed by atoms with E-state index in [2.05, 4.69) is 24.0 Å². The van der Waals surface area contributed by atoms with Gasteiger partial charge in [-0.3, -0.25) is 4.79 Å². The van der Waals surface area contributed by atoms with Crippen molar-refractivity contribution in [1.29, 1.82) is 0 Å². The predicted molar refractivity (Wildman–Crippen MR) is 87.0 cm³/mol. The van der Waals surface area contributed by atoms with Crippen molar-refractivity contribution in [3.63, 3.8) is 0 Å². The summed E-state index contributed by atoms with van der Waals surface area (Å²) in [4.78, 5) is 20.1. The van der Waals surface area contributed by atoms with Gasteiger partial charge in [0, 0.05) is 34.3 Å². The number of aromatic nitrogens is 1. The second-order valence-corrected chi connectivity index (χ2v) is 7.84. The van der Waals surface area contributed by atoms with E-state index >= 15 is 0 Å². The smallest absolute Gasteiger partial charge is 0.256 e. The highest BCUT2D eigenvalue weighted by Crippen LogP contribution is 2.44. The first-order valence-electron chi connectivity index (χ1n) is 7.82. The maximum absolute atomic E-state index is 12.8.